The molecule has 6 rings (SSSR count). The molecule has 3 aliphatic rings. The van der Waals surface area contributed by atoms with Gasteiger partial charge in [0.25, 0.3) is 5.91 Å². The Labute approximate surface area is 202 Å². The third-order valence-corrected chi connectivity index (χ3v) is 7.69. The molecule has 1 unspecified atom stereocenters. The van der Waals surface area contributed by atoms with Gasteiger partial charge in [0.15, 0.2) is 0 Å². The van der Waals surface area contributed by atoms with Gasteiger partial charge in [-0.3, -0.25) is 24.6 Å². The van der Waals surface area contributed by atoms with Crippen LogP contribution in [0, 0.1) is 5.82 Å². The predicted octanol–water partition coefficient (Wildman–Crippen LogP) is 3.45. The van der Waals surface area contributed by atoms with Crippen LogP contribution in [0.2, 0.25) is 0 Å². The largest absolute Gasteiger partial charge is 0.361 e. The Morgan fingerprint density at radius 1 is 1.00 bits per heavy atom. The number of aromatic nitrogens is 1. The number of H-pyrrole nitrogens is 1. The Bertz CT molecular complexity index is 1340. The number of likely N-dealkylation sites (tertiary alicyclic amines) is 1. The summed E-state index contributed by atoms with van der Waals surface area (Å²) in [7, 11) is 0. The van der Waals surface area contributed by atoms with Gasteiger partial charge in [-0.15, -0.1) is 0 Å². The molecule has 2 N–H and O–H groups in total. The van der Waals surface area contributed by atoms with Gasteiger partial charge in [-0.2, -0.15) is 0 Å². The molecule has 3 aliphatic heterocycles. The molecular formula is C27H27FN4O3. The number of benzene rings is 2. The summed E-state index contributed by atoms with van der Waals surface area (Å²) in [6, 6.07) is 11.0. The van der Waals surface area contributed by atoms with E-state index in [1.165, 1.54) is 21.9 Å². The highest BCUT2D eigenvalue weighted by atomic mass is 19.1. The maximum atomic E-state index is 15.2. The number of hydrogen-bond acceptors (Lipinski definition) is 4. The van der Waals surface area contributed by atoms with Crippen LogP contribution in [0.1, 0.15) is 58.6 Å². The summed E-state index contributed by atoms with van der Waals surface area (Å²) in [6.07, 6.45) is 4.16. The van der Waals surface area contributed by atoms with Crippen molar-refractivity contribution in [2.24, 2.45) is 0 Å². The van der Waals surface area contributed by atoms with E-state index in [1.54, 1.807) is 0 Å². The average molecular weight is 475 g/mol. The van der Waals surface area contributed by atoms with Crippen molar-refractivity contribution in [2.75, 3.05) is 13.1 Å². The zero-order valence-electron chi connectivity index (χ0n) is 19.4. The second-order valence-corrected chi connectivity index (χ2v) is 9.88. The number of amides is 3. The van der Waals surface area contributed by atoms with E-state index in [2.05, 4.69) is 39.5 Å². The molecule has 4 heterocycles. The first-order valence-corrected chi connectivity index (χ1v) is 12.2. The normalized spacial score (nSPS) is 21.6. The van der Waals surface area contributed by atoms with Crippen LogP contribution < -0.4 is 5.32 Å². The fraction of sp³-hybridized carbons (Fsp3) is 0.370. The van der Waals surface area contributed by atoms with Crippen molar-refractivity contribution >= 4 is 28.6 Å². The molecule has 35 heavy (non-hydrogen) atoms. The molecular weight excluding hydrogens is 447 g/mol. The predicted molar refractivity (Wildman–Crippen MR) is 128 cm³/mol. The number of halogens is 1. The van der Waals surface area contributed by atoms with E-state index in [0.29, 0.717) is 17.5 Å². The van der Waals surface area contributed by atoms with E-state index >= 15 is 4.39 Å². The quantitative estimate of drug-likeness (QED) is 0.568. The Morgan fingerprint density at radius 3 is 2.63 bits per heavy atom. The van der Waals surface area contributed by atoms with Gasteiger partial charge in [0, 0.05) is 36.8 Å². The highest BCUT2D eigenvalue weighted by Crippen LogP contribution is 2.35. The number of nitrogens with zero attached hydrogens (tertiary/aromatic N) is 2. The smallest absolute Gasteiger partial charge is 0.255 e. The molecule has 2 saturated heterocycles. The van der Waals surface area contributed by atoms with Gasteiger partial charge in [-0.25, -0.2) is 4.39 Å². The van der Waals surface area contributed by atoms with Crippen LogP contribution in [0.4, 0.5) is 4.39 Å². The molecule has 3 aromatic rings. The summed E-state index contributed by atoms with van der Waals surface area (Å²) in [5.74, 6) is -1.36. The highest BCUT2D eigenvalue weighted by molar-refractivity contribution is 6.05. The Hall–Kier alpha value is -3.52. The molecule has 1 atom stereocenters. The van der Waals surface area contributed by atoms with Crippen LogP contribution in [-0.4, -0.2) is 51.6 Å². The third-order valence-electron chi connectivity index (χ3n) is 7.69. The topological polar surface area (TPSA) is 85.5 Å². The fourth-order valence-electron chi connectivity index (χ4n) is 5.78. The number of fused-ring (bicyclic) bond motifs is 2. The van der Waals surface area contributed by atoms with Gasteiger partial charge in [0.1, 0.15) is 11.9 Å². The van der Waals surface area contributed by atoms with Crippen LogP contribution in [0.25, 0.3) is 10.9 Å². The summed E-state index contributed by atoms with van der Waals surface area (Å²) < 4.78 is 15.2. The van der Waals surface area contributed by atoms with Gasteiger partial charge < -0.3 is 9.88 Å². The minimum atomic E-state index is -0.687. The van der Waals surface area contributed by atoms with Crippen molar-refractivity contribution in [1.29, 1.82) is 0 Å². The molecule has 0 spiro atoms. The summed E-state index contributed by atoms with van der Waals surface area (Å²) in [5.41, 5.74) is 4.16. The zero-order chi connectivity index (χ0) is 24.1. The minimum Gasteiger partial charge on any atom is -0.361 e. The van der Waals surface area contributed by atoms with E-state index in [-0.39, 0.29) is 36.5 Å². The molecule has 3 amide bonds. The lowest BCUT2D eigenvalue weighted by Gasteiger charge is -2.32. The number of rotatable bonds is 4. The molecule has 0 aliphatic carbocycles. The Morgan fingerprint density at radius 2 is 1.83 bits per heavy atom. The summed E-state index contributed by atoms with van der Waals surface area (Å²) in [4.78, 5) is 43.8. The van der Waals surface area contributed by atoms with Crippen LogP contribution in [-0.2, 0) is 22.7 Å². The number of carbonyl (C=O) groups is 3. The number of aromatic amines is 1. The summed E-state index contributed by atoms with van der Waals surface area (Å²) in [5, 5.41) is 3.51. The first-order chi connectivity index (χ1) is 17.0. The molecule has 180 valence electrons. The van der Waals surface area contributed by atoms with Crippen LogP contribution in [0.15, 0.2) is 42.6 Å². The molecule has 0 saturated carbocycles. The number of imide groups is 1. The average Bonchev–Trinajstić information content (AvgIpc) is 3.43. The van der Waals surface area contributed by atoms with Crippen LogP contribution in [0.3, 0.4) is 0 Å². The fourth-order valence-corrected chi connectivity index (χ4v) is 5.78. The van der Waals surface area contributed by atoms with Crippen molar-refractivity contribution < 1.29 is 18.8 Å². The zero-order valence-corrected chi connectivity index (χ0v) is 19.4. The molecule has 8 heteroatoms. The first kappa shape index (κ1) is 22.0. The third kappa shape index (κ3) is 4.01. The lowest BCUT2D eigenvalue weighted by atomic mass is 9.87. The molecule has 1 aromatic heterocycles. The molecule has 7 nitrogen and oxygen atoms in total. The lowest BCUT2D eigenvalue weighted by Crippen LogP contribution is -2.52. The second-order valence-electron chi connectivity index (χ2n) is 9.88. The molecule has 2 aromatic carbocycles. The van der Waals surface area contributed by atoms with Crippen molar-refractivity contribution in [3.63, 3.8) is 0 Å². The Kier molecular flexibility index (Phi) is 5.40. The summed E-state index contributed by atoms with van der Waals surface area (Å²) >= 11 is 0. The van der Waals surface area contributed by atoms with Gasteiger partial charge >= 0.3 is 0 Å². The van der Waals surface area contributed by atoms with E-state index < -0.39 is 11.9 Å². The maximum absolute atomic E-state index is 15.2. The maximum Gasteiger partial charge on any atom is 0.255 e. The van der Waals surface area contributed by atoms with Gasteiger partial charge in [0.05, 0.1) is 0 Å². The van der Waals surface area contributed by atoms with Crippen molar-refractivity contribution in [3.8, 4) is 0 Å². The van der Waals surface area contributed by atoms with Gasteiger partial charge in [-0.05, 0) is 84.6 Å². The van der Waals surface area contributed by atoms with E-state index in [9.17, 15) is 14.4 Å². The number of piperidine rings is 2. The Balaban J connectivity index is 1.13. The molecule has 0 bridgehead atoms. The lowest BCUT2D eigenvalue weighted by molar-refractivity contribution is -0.136. The van der Waals surface area contributed by atoms with E-state index in [4.69, 9.17) is 0 Å². The van der Waals surface area contributed by atoms with Gasteiger partial charge in [-0.1, -0.05) is 12.1 Å². The number of hydrogen-bond donors (Lipinski definition) is 2. The standard InChI is InChI=1S/C27H27FN4O3/c28-22-13-21-19(15-32(27(21)35)24-3-4-25(33)30-26(24)34)12-20(22)17-6-9-31(10-7-17)14-16-1-2-23-18(11-16)5-8-29-23/h1-2,5,8,11-13,17,24,29H,3-4,6-7,9-10,14-15H2,(H,30,33,34). The first-order valence-electron chi connectivity index (χ1n) is 12.2. The summed E-state index contributed by atoms with van der Waals surface area (Å²) in [6.45, 7) is 2.91. The van der Waals surface area contributed by atoms with Gasteiger partial charge in [0.2, 0.25) is 11.8 Å². The molecule has 2 fully saturated rings. The minimum absolute atomic E-state index is 0.100. The monoisotopic (exact) mass is 474 g/mol. The number of carbonyl (C=O) groups excluding carboxylic acids is 3. The second kappa shape index (κ2) is 8.61. The van der Waals surface area contributed by atoms with E-state index in [1.807, 2.05) is 12.3 Å². The van der Waals surface area contributed by atoms with Crippen LogP contribution in [0.5, 0.6) is 0 Å². The highest BCUT2D eigenvalue weighted by Gasteiger charge is 2.40. The molecule has 0 radical (unpaired) electrons. The van der Waals surface area contributed by atoms with Crippen molar-refractivity contribution in [1.82, 2.24) is 20.1 Å². The van der Waals surface area contributed by atoms with Crippen molar-refractivity contribution in [2.45, 2.75) is 50.7 Å². The number of nitrogens with one attached hydrogen (secondary N) is 2. The van der Waals surface area contributed by atoms with Crippen LogP contribution >= 0.6 is 0 Å². The van der Waals surface area contributed by atoms with E-state index in [0.717, 1.165) is 43.6 Å². The SMILES string of the molecule is O=C1CCC(N2Cc3cc(C4CCN(Cc5ccc6[nH]ccc6c5)CC4)c(F)cc3C2=O)C(=O)N1. The van der Waals surface area contributed by atoms with Crippen molar-refractivity contribution in [3.05, 3.63) is 70.7 Å².